The monoisotopic (exact) mass is 394 g/mol. The molecule has 1 aliphatic carbocycles. The molecule has 0 saturated heterocycles. The fourth-order valence-electron chi connectivity index (χ4n) is 3.08. The third-order valence-corrected chi connectivity index (χ3v) is 7.50. The van der Waals surface area contributed by atoms with E-state index in [4.69, 9.17) is 0 Å². The minimum atomic E-state index is -3.74. The zero-order valence-corrected chi connectivity index (χ0v) is 16.1. The van der Waals surface area contributed by atoms with Gasteiger partial charge >= 0.3 is 0 Å². The Kier molecular flexibility index (Phi) is 4.38. The first kappa shape index (κ1) is 16.7. The fourth-order valence-corrected chi connectivity index (χ4v) is 5.96. The maximum atomic E-state index is 13.0. The van der Waals surface area contributed by atoms with Crippen molar-refractivity contribution in [2.24, 2.45) is 0 Å². The normalized spacial score (nSPS) is 15.7. The van der Waals surface area contributed by atoms with E-state index in [1.165, 1.54) is 22.7 Å². The molecule has 25 heavy (non-hydrogen) atoms. The summed E-state index contributed by atoms with van der Waals surface area (Å²) < 4.78 is 30.4. The minimum absolute atomic E-state index is 0.217. The van der Waals surface area contributed by atoms with Gasteiger partial charge in [-0.15, -0.1) is 22.7 Å². The summed E-state index contributed by atoms with van der Waals surface area (Å²) in [5.41, 5.74) is 1.31. The van der Waals surface area contributed by atoms with Crippen molar-refractivity contribution >= 4 is 37.8 Å². The molecule has 0 bridgehead atoms. The molecule has 3 aromatic heterocycles. The summed E-state index contributed by atoms with van der Waals surface area (Å²) in [4.78, 5) is 5.27. The highest BCUT2D eigenvalue weighted by molar-refractivity contribution is 7.93. The van der Waals surface area contributed by atoms with E-state index in [2.05, 4.69) is 14.8 Å². The maximum absolute atomic E-state index is 13.0. The van der Waals surface area contributed by atoms with Crippen molar-refractivity contribution in [2.75, 3.05) is 4.72 Å². The van der Waals surface area contributed by atoms with Crippen molar-refractivity contribution in [3.63, 3.8) is 0 Å². The number of hydrogen-bond donors (Lipinski definition) is 1. The quantitative estimate of drug-likeness (QED) is 0.700. The van der Waals surface area contributed by atoms with Gasteiger partial charge in [0.25, 0.3) is 10.0 Å². The Bertz CT molecular complexity index is 967. The Morgan fingerprint density at radius 2 is 2.08 bits per heavy atom. The minimum Gasteiger partial charge on any atom is -0.268 e. The van der Waals surface area contributed by atoms with Crippen LogP contribution in [0.5, 0.6) is 0 Å². The van der Waals surface area contributed by atoms with E-state index in [0.717, 1.165) is 36.3 Å². The van der Waals surface area contributed by atoms with Gasteiger partial charge in [-0.25, -0.2) is 13.4 Å². The van der Waals surface area contributed by atoms with E-state index in [9.17, 15) is 8.42 Å². The largest absolute Gasteiger partial charge is 0.268 e. The highest BCUT2D eigenvalue weighted by Gasteiger charge is 2.28. The first-order valence-corrected chi connectivity index (χ1v) is 11.4. The lowest BCUT2D eigenvalue weighted by Crippen LogP contribution is -2.13. The van der Waals surface area contributed by atoms with E-state index in [0.29, 0.717) is 10.8 Å². The molecule has 0 spiro atoms. The third kappa shape index (κ3) is 3.36. The molecular weight excluding hydrogens is 376 g/mol. The molecule has 1 aliphatic rings. The second-order valence-electron chi connectivity index (χ2n) is 6.14. The van der Waals surface area contributed by atoms with Crippen LogP contribution in [0.2, 0.25) is 0 Å². The lowest BCUT2D eigenvalue weighted by molar-refractivity contribution is 0.467. The Morgan fingerprint density at radius 1 is 1.28 bits per heavy atom. The number of anilines is 1. The van der Waals surface area contributed by atoms with Gasteiger partial charge < -0.3 is 0 Å². The van der Waals surface area contributed by atoms with Crippen LogP contribution >= 0.6 is 22.7 Å². The van der Waals surface area contributed by atoms with Gasteiger partial charge in [-0.05, 0) is 31.2 Å². The van der Waals surface area contributed by atoms with Crippen LogP contribution in [0, 0.1) is 6.92 Å². The SMILES string of the molecule is Cc1csc(NS(=O)(=O)c2cn(C3CCCC3)nc2-c2cccs2)n1. The van der Waals surface area contributed by atoms with Crippen molar-refractivity contribution in [2.45, 2.75) is 43.5 Å². The zero-order valence-electron chi connectivity index (χ0n) is 13.7. The first-order valence-electron chi connectivity index (χ1n) is 8.11. The van der Waals surface area contributed by atoms with Crippen LogP contribution < -0.4 is 4.72 Å². The van der Waals surface area contributed by atoms with Crippen molar-refractivity contribution in [3.8, 4) is 10.6 Å². The van der Waals surface area contributed by atoms with E-state index in [-0.39, 0.29) is 10.9 Å². The van der Waals surface area contributed by atoms with Gasteiger partial charge in [0.15, 0.2) is 5.13 Å². The van der Waals surface area contributed by atoms with Gasteiger partial charge in [-0.2, -0.15) is 5.10 Å². The Balaban J connectivity index is 1.76. The number of nitrogens with zero attached hydrogens (tertiary/aromatic N) is 3. The summed E-state index contributed by atoms with van der Waals surface area (Å²) in [5, 5.41) is 8.76. The van der Waals surface area contributed by atoms with Gasteiger partial charge in [-0.3, -0.25) is 9.40 Å². The predicted molar refractivity (Wildman–Crippen MR) is 101 cm³/mol. The summed E-state index contributed by atoms with van der Waals surface area (Å²) >= 11 is 2.77. The van der Waals surface area contributed by atoms with Crippen molar-refractivity contribution in [3.05, 3.63) is 34.8 Å². The molecule has 6 nitrogen and oxygen atoms in total. The topological polar surface area (TPSA) is 76.9 Å². The molecule has 0 aromatic carbocycles. The van der Waals surface area contributed by atoms with Gasteiger partial charge in [0.05, 0.1) is 16.6 Å². The summed E-state index contributed by atoms with van der Waals surface area (Å²) in [7, 11) is -3.74. The molecule has 0 atom stereocenters. The molecule has 0 radical (unpaired) electrons. The Hall–Kier alpha value is -1.71. The smallest absolute Gasteiger partial charge is 0.267 e. The summed E-state index contributed by atoms with van der Waals surface area (Å²) in [5.74, 6) is 0. The molecule has 9 heteroatoms. The molecule has 1 fully saturated rings. The lowest BCUT2D eigenvalue weighted by atomic mass is 10.3. The summed E-state index contributed by atoms with van der Waals surface area (Å²) in [6.45, 7) is 1.84. The van der Waals surface area contributed by atoms with Crippen LogP contribution in [-0.4, -0.2) is 23.2 Å². The lowest BCUT2D eigenvalue weighted by Gasteiger charge is -2.08. The molecule has 1 N–H and O–H groups in total. The van der Waals surface area contributed by atoms with Gasteiger partial charge in [-0.1, -0.05) is 18.9 Å². The van der Waals surface area contributed by atoms with Crippen molar-refractivity contribution in [1.29, 1.82) is 0 Å². The van der Waals surface area contributed by atoms with Gasteiger partial charge in [0.1, 0.15) is 10.6 Å². The Morgan fingerprint density at radius 3 is 2.72 bits per heavy atom. The summed E-state index contributed by atoms with van der Waals surface area (Å²) in [6, 6.07) is 4.09. The second-order valence-corrected chi connectivity index (χ2v) is 9.59. The number of thiazole rings is 1. The zero-order chi connectivity index (χ0) is 17.4. The number of hydrogen-bond acceptors (Lipinski definition) is 6. The van der Waals surface area contributed by atoms with Gasteiger partial charge in [0, 0.05) is 11.6 Å². The van der Waals surface area contributed by atoms with Crippen LogP contribution in [0.3, 0.4) is 0 Å². The van der Waals surface area contributed by atoms with Crippen LogP contribution in [0.1, 0.15) is 37.4 Å². The highest BCUT2D eigenvalue weighted by Crippen LogP contribution is 2.35. The average Bonchev–Trinajstić information content (AvgIpc) is 3.34. The van der Waals surface area contributed by atoms with Crippen molar-refractivity contribution < 1.29 is 8.42 Å². The first-order chi connectivity index (χ1) is 12.0. The van der Waals surface area contributed by atoms with Crippen LogP contribution in [0.15, 0.2) is 34.0 Å². The molecule has 1 saturated carbocycles. The van der Waals surface area contributed by atoms with Crippen LogP contribution in [0.25, 0.3) is 10.6 Å². The number of rotatable bonds is 5. The molecular formula is C16H18N4O2S3. The number of aromatic nitrogens is 3. The molecule has 132 valence electrons. The highest BCUT2D eigenvalue weighted by atomic mass is 32.2. The van der Waals surface area contributed by atoms with Crippen molar-refractivity contribution in [1.82, 2.24) is 14.8 Å². The second kappa shape index (κ2) is 6.54. The number of sulfonamides is 1. The molecule has 3 aromatic rings. The predicted octanol–water partition coefficient (Wildman–Crippen LogP) is 4.29. The van der Waals surface area contributed by atoms with E-state index < -0.39 is 10.0 Å². The average molecular weight is 395 g/mol. The molecule has 0 amide bonds. The molecule has 0 aliphatic heterocycles. The molecule has 4 rings (SSSR count). The Labute approximate surface area is 154 Å². The summed E-state index contributed by atoms with van der Waals surface area (Å²) in [6.07, 6.45) is 6.09. The van der Waals surface area contributed by atoms with Crippen LogP contribution in [-0.2, 0) is 10.0 Å². The maximum Gasteiger partial charge on any atom is 0.267 e. The number of thiophene rings is 1. The third-order valence-electron chi connectivity index (χ3n) is 4.28. The van der Waals surface area contributed by atoms with E-state index >= 15 is 0 Å². The molecule has 0 unspecified atom stereocenters. The molecule has 3 heterocycles. The van der Waals surface area contributed by atoms with E-state index in [1.807, 2.05) is 34.5 Å². The van der Waals surface area contributed by atoms with Gasteiger partial charge in [0.2, 0.25) is 0 Å². The number of aryl methyl sites for hydroxylation is 1. The standard InChI is InChI=1S/C16H18N4O2S3/c1-11-10-24-16(17-11)19-25(21,22)14-9-20(12-5-2-3-6-12)18-15(14)13-7-4-8-23-13/h4,7-10,12H,2-3,5-6H2,1H3,(H,17,19). The number of nitrogens with one attached hydrogen (secondary N) is 1. The van der Waals surface area contributed by atoms with E-state index in [1.54, 1.807) is 6.20 Å². The fraction of sp³-hybridized carbons (Fsp3) is 0.375. The van der Waals surface area contributed by atoms with Crippen LogP contribution in [0.4, 0.5) is 5.13 Å².